The van der Waals surface area contributed by atoms with Gasteiger partial charge in [-0.05, 0) is 42.8 Å². The smallest absolute Gasteiger partial charge is 0.238 e. The van der Waals surface area contributed by atoms with E-state index in [1.807, 2.05) is 42.5 Å². The first-order chi connectivity index (χ1) is 11.3. The zero-order valence-electron chi connectivity index (χ0n) is 13.7. The third-order valence-electron chi connectivity index (χ3n) is 4.08. The zero-order chi connectivity index (χ0) is 15.9. The Bertz CT molecular complexity index is 623. The van der Waals surface area contributed by atoms with Gasteiger partial charge in [0.15, 0.2) is 0 Å². The summed E-state index contributed by atoms with van der Waals surface area (Å²) in [6, 6.07) is 18.2. The van der Waals surface area contributed by atoms with Crippen molar-refractivity contribution in [3.05, 3.63) is 54.6 Å². The molecule has 2 aromatic rings. The van der Waals surface area contributed by atoms with Crippen molar-refractivity contribution in [3.8, 4) is 11.1 Å². The van der Waals surface area contributed by atoms with Gasteiger partial charge in [0.25, 0.3) is 0 Å². The van der Waals surface area contributed by atoms with E-state index in [9.17, 15) is 4.79 Å². The number of nitrogens with zero attached hydrogens (tertiary/aromatic N) is 1. The molecule has 1 fully saturated rings. The molecule has 0 radical (unpaired) electrons. The first kappa shape index (κ1) is 18.5. The van der Waals surface area contributed by atoms with E-state index in [1.165, 1.54) is 5.56 Å². The van der Waals surface area contributed by atoms with Gasteiger partial charge in [-0.25, -0.2) is 0 Å². The minimum Gasteiger partial charge on any atom is -0.325 e. The van der Waals surface area contributed by atoms with Gasteiger partial charge in [0.05, 0.1) is 6.54 Å². The van der Waals surface area contributed by atoms with Crippen LogP contribution in [0, 0.1) is 0 Å². The Morgan fingerprint density at radius 2 is 1.67 bits per heavy atom. The van der Waals surface area contributed by atoms with Crippen LogP contribution in [0.1, 0.15) is 6.42 Å². The summed E-state index contributed by atoms with van der Waals surface area (Å²) >= 11 is 0. The molecule has 0 unspecified atom stereocenters. The highest BCUT2D eigenvalue weighted by Crippen LogP contribution is 2.20. The van der Waals surface area contributed by atoms with Gasteiger partial charge in [0.1, 0.15) is 0 Å². The van der Waals surface area contributed by atoms with Crippen LogP contribution in [-0.2, 0) is 4.79 Å². The second-order valence-electron chi connectivity index (χ2n) is 5.87. The van der Waals surface area contributed by atoms with Crippen LogP contribution >= 0.6 is 12.4 Å². The topological polar surface area (TPSA) is 44.4 Å². The summed E-state index contributed by atoms with van der Waals surface area (Å²) in [4.78, 5) is 14.4. The molecule has 0 atom stereocenters. The lowest BCUT2D eigenvalue weighted by Gasteiger charge is -2.18. The van der Waals surface area contributed by atoms with Crippen LogP contribution in [0.15, 0.2) is 54.6 Å². The summed E-state index contributed by atoms with van der Waals surface area (Å²) in [7, 11) is 0. The fourth-order valence-electron chi connectivity index (χ4n) is 2.84. The van der Waals surface area contributed by atoms with Crippen LogP contribution in [0.2, 0.25) is 0 Å². The summed E-state index contributed by atoms with van der Waals surface area (Å²) in [5.74, 6) is 0.0550. The van der Waals surface area contributed by atoms with Crippen molar-refractivity contribution in [1.82, 2.24) is 10.2 Å². The number of rotatable bonds is 4. The van der Waals surface area contributed by atoms with Gasteiger partial charge in [0, 0.05) is 18.8 Å². The van der Waals surface area contributed by atoms with Crippen LogP contribution in [0.3, 0.4) is 0 Å². The minimum atomic E-state index is 0. The highest BCUT2D eigenvalue weighted by atomic mass is 35.5. The van der Waals surface area contributed by atoms with E-state index in [2.05, 4.69) is 27.7 Å². The first-order valence-electron chi connectivity index (χ1n) is 8.20. The summed E-state index contributed by atoms with van der Waals surface area (Å²) in [5, 5.41) is 6.34. The van der Waals surface area contributed by atoms with Crippen LogP contribution in [0.4, 0.5) is 5.69 Å². The standard InChI is InChI=1S/C19H23N3O.ClH/c23-19(15-22-13-4-11-20-12-14-22)21-18-9-7-17(8-10-18)16-5-2-1-3-6-16;/h1-3,5-10,20H,4,11-15H2,(H,21,23);1H. The Hall–Kier alpha value is -1.88. The first-order valence-corrected chi connectivity index (χ1v) is 8.20. The van der Waals surface area contributed by atoms with Crippen molar-refractivity contribution in [2.24, 2.45) is 0 Å². The molecule has 1 aliphatic heterocycles. The predicted octanol–water partition coefficient (Wildman–Crippen LogP) is 3.01. The fourth-order valence-corrected chi connectivity index (χ4v) is 2.84. The van der Waals surface area contributed by atoms with E-state index < -0.39 is 0 Å². The molecule has 2 aromatic carbocycles. The molecule has 0 aromatic heterocycles. The van der Waals surface area contributed by atoms with Gasteiger partial charge in [-0.2, -0.15) is 0 Å². The molecule has 128 valence electrons. The number of hydrogen-bond acceptors (Lipinski definition) is 3. The molecule has 1 saturated heterocycles. The molecular formula is C19H24ClN3O. The number of halogens is 1. The molecule has 0 aliphatic carbocycles. The molecule has 3 rings (SSSR count). The van der Waals surface area contributed by atoms with E-state index in [-0.39, 0.29) is 18.3 Å². The molecule has 5 heteroatoms. The van der Waals surface area contributed by atoms with Crippen LogP contribution in [0.5, 0.6) is 0 Å². The van der Waals surface area contributed by atoms with Gasteiger partial charge >= 0.3 is 0 Å². The van der Waals surface area contributed by atoms with Crippen molar-refractivity contribution >= 4 is 24.0 Å². The molecule has 0 bridgehead atoms. The number of carbonyl (C=O) groups excluding carboxylic acids is 1. The maximum atomic E-state index is 12.2. The number of nitrogens with one attached hydrogen (secondary N) is 2. The van der Waals surface area contributed by atoms with Crippen molar-refractivity contribution < 1.29 is 4.79 Å². The monoisotopic (exact) mass is 345 g/mol. The van der Waals surface area contributed by atoms with Gasteiger partial charge in [-0.15, -0.1) is 12.4 Å². The van der Waals surface area contributed by atoms with E-state index in [0.29, 0.717) is 6.54 Å². The third-order valence-corrected chi connectivity index (χ3v) is 4.08. The van der Waals surface area contributed by atoms with E-state index in [0.717, 1.165) is 43.9 Å². The van der Waals surface area contributed by atoms with Crippen molar-refractivity contribution in [1.29, 1.82) is 0 Å². The second kappa shape index (κ2) is 9.42. The molecule has 1 amide bonds. The van der Waals surface area contributed by atoms with Crippen molar-refractivity contribution in [2.45, 2.75) is 6.42 Å². The van der Waals surface area contributed by atoms with E-state index in [1.54, 1.807) is 0 Å². The summed E-state index contributed by atoms with van der Waals surface area (Å²) in [5.41, 5.74) is 3.19. The highest BCUT2D eigenvalue weighted by molar-refractivity contribution is 5.92. The number of anilines is 1. The van der Waals surface area contributed by atoms with Crippen LogP contribution in [-0.4, -0.2) is 43.5 Å². The summed E-state index contributed by atoms with van der Waals surface area (Å²) in [6.45, 7) is 4.37. The minimum absolute atomic E-state index is 0. The van der Waals surface area contributed by atoms with Crippen LogP contribution in [0.25, 0.3) is 11.1 Å². The zero-order valence-corrected chi connectivity index (χ0v) is 14.5. The normalized spacial score (nSPS) is 15.2. The molecule has 1 aliphatic rings. The number of benzene rings is 2. The largest absolute Gasteiger partial charge is 0.325 e. The number of hydrogen-bond donors (Lipinski definition) is 2. The highest BCUT2D eigenvalue weighted by Gasteiger charge is 2.12. The molecule has 2 N–H and O–H groups in total. The van der Waals surface area contributed by atoms with Gasteiger partial charge in [-0.1, -0.05) is 42.5 Å². The van der Waals surface area contributed by atoms with Gasteiger partial charge in [-0.3, -0.25) is 9.69 Å². The molecule has 0 saturated carbocycles. The third kappa shape index (κ3) is 5.34. The Morgan fingerprint density at radius 3 is 2.42 bits per heavy atom. The summed E-state index contributed by atoms with van der Waals surface area (Å²) in [6.07, 6.45) is 1.10. The SMILES string of the molecule is Cl.O=C(CN1CCCNCC1)Nc1ccc(-c2ccccc2)cc1. The average Bonchev–Trinajstić information content (AvgIpc) is 2.85. The second-order valence-corrected chi connectivity index (χ2v) is 5.87. The molecule has 0 spiro atoms. The molecule has 24 heavy (non-hydrogen) atoms. The maximum Gasteiger partial charge on any atom is 0.238 e. The summed E-state index contributed by atoms with van der Waals surface area (Å²) < 4.78 is 0. The quantitative estimate of drug-likeness (QED) is 0.895. The molecule has 4 nitrogen and oxygen atoms in total. The lowest BCUT2D eigenvalue weighted by Crippen LogP contribution is -2.35. The Kier molecular flexibility index (Phi) is 7.25. The predicted molar refractivity (Wildman–Crippen MR) is 102 cm³/mol. The lowest BCUT2D eigenvalue weighted by molar-refractivity contribution is -0.117. The Morgan fingerprint density at radius 1 is 0.958 bits per heavy atom. The van der Waals surface area contributed by atoms with Crippen molar-refractivity contribution in [3.63, 3.8) is 0 Å². The molecular weight excluding hydrogens is 322 g/mol. The van der Waals surface area contributed by atoms with Gasteiger partial charge < -0.3 is 10.6 Å². The maximum absolute atomic E-state index is 12.2. The Balaban J connectivity index is 0.00000208. The van der Waals surface area contributed by atoms with Crippen LogP contribution < -0.4 is 10.6 Å². The lowest BCUT2D eigenvalue weighted by atomic mass is 10.1. The fraction of sp³-hybridized carbons (Fsp3) is 0.316. The van der Waals surface area contributed by atoms with Gasteiger partial charge in [0.2, 0.25) is 5.91 Å². The van der Waals surface area contributed by atoms with E-state index in [4.69, 9.17) is 0 Å². The Labute approximate surface area is 149 Å². The number of carbonyl (C=O) groups is 1. The average molecular weight is 346 g/mol. The number of amides is 1. The van der Waals surface area contributed by atoms with Crippen molar-refractivity contribution in [2.75, 3.05) is 38.0 Å². The molecule has 1 heterocycles. The van der Waals surface area contributed by atoms with E-state index >= 15 is 0 Å².